The molecule has 1 aliphatic carbocycles. The van der Waals surface area contributed by atoms with Crippen LogP contribution in [0.4, 0.5) is 10.5 Å². The molecule has 102 valence electrons. The fourth-order valence-corrected chi connectivity index (χ4v) is 1.67. The van der Waals surface area contributed by atoms with E-state index in [-0.39, 0.29) is 6.03 Å². The first-order valence-corrected chi connectivity index (χ1v) is 6.05. The second-order valence-corrected chi connectivity index (χ2v) is 4.45. The Kier molecular flexibility index (Phi) is 3.89. The molecular weight excluding hydrogens is 248 g/mol. The lowest BCUT2D eigenvalue weighted by Crippen LogP contribution is -2.33. The number of benzene rings is 1. The van der Waals surface area contributed by atoms with Crippen molar-refractivity contribution in [2.45, 2.75) is 18.9 Å². The molecule has 1 aromatic rings. The standard InChI is InChI=1S/C13H16N2O4/c1-15(9-6-7-9)13(18)14-10-4-2-3-5-11(10)19-8-12(16)17/h2-5,9H,6-8H2,1H3,(H,14,18)(H,16,17). The van der Waals surface area contributed by atoms with Gasteiger partial charge in [0.2, 0.25) is 0 Å². The van der Waals surface area contributed by atoms with Crippen LogP contribution in [0.3, 0.4) is 0 Å². The smallest absolute Gasteiger partial charge is 0.341 e. The molecule has 0 aliphatic heterocycles. The lowest BCUT2D eigenvalue weighted by Gasteiger charge is -2.18. The number of amides is 2. The molecule has 1 fully saturated rings. The van der Waals surface area contributed by atoms with Crippen molar-refractivity contribution >= 4 is 17.7 Å². The molecular formula is C13H16N2O4. The summed E-state index contributed by atoms with van der Waals surface area (Å²) in [5.41, 5.74) is 0.473. The van der Waals surface area contributed by atoms with Crippen LogP contribution < -0.4 is 10.1 Å². The number of para-hydroxylation sites is 2. The van der Waals surface area contributed by atoms with Crippen LogP contribution in [-0.2, 0) is 4.79 Å². The Morgan fingerprint density at radius 2 is 2.11 bits per heavy atom. The van der Waals surface area contributed by atoms with Gasteiger partial charge < -0.3 is 20.1 Å². The van der Waals surface area contributed by atoms with Gasteiger partial charge in [-0.25, -0.2) is 9.59 Å². The first-order chi connectivity index (χ1) is 9.08. The molecule has 1 aliphatic rings. The number of ether oxygens (including phenoxy) is 1. The van der Waals surface area contributed by atoms with E-state index < -0.39 is 12.6 Å². The predicted octanol–water partition coefficient (Wildman–Crippen LogP) is 1.78. The number of carboxylic acids is 1. The van der Waals surface area contributed by atoms with Crippen LogP contribution in [0.25, 0.3) is 0 Å². The van der Waals surface area contributed by atoms with Gasteiger partial charge in [-0.3, -0.25) is 0 Å². The topological polar surface area (TPSA) is 78.9 Å². The molecule has 6 heteroatoms. The lowest BCUT2D eigenvalue weighted by atomic mass is 10.3. The maximum Gasteiger partial charge on any atom is 0.341 e. The quantitative estimate of drug-likeness (QED) is 0.849. The molecule has 0 spiro atoms. The molecule has 1 aromatic carbocycles. The third-order valence-electron chi connectivity index (χ3n) is 2.89. The van der Waals surface area contributed by atoms with Crippen molar-refractivity contribution in [3.8, 4) is 5.75 Å². The summed E-state index contributed by atoms with van der Waals surface area (Å²) in [6.45, 7) is -0.439. The molecule has 6 nitrogen and oxygen atoms in total. The number of aliphatic carboxylic acids is 1. The minimum Gasteiger partial charge on any atom is -0.480 e. The number of carboxylic acid groups (broad SMARTS) is 1. The van der Waals surface area contributed by atoms with Gasteiger partial charge in [-0.2, -0.15) is 0 Å². The second-order valence-electron chi connectivity index (χ2n) is 4.45. The maximum absolute atomic E-state index is 11.9. The van der Waals surface area contributed by atoms with Gasteiger partial charge in [0.1, 0.15) is 5.75 Å². The van der Waals surface area contributed by atoms with Crippen LogP contribution in [0.5, 0.6) is 5.75 Å². The largest absolute Gasteiger partial charge is 0.480 e. The highest BCUT2D eigenvalue weighted by atomic mass is 16.5. The van der Waals surface area contributed by atoms with Crippen molar-refractivity contribution in [3.05, 3.63) is 24.3 Å². The summed E-state index contributed by atoms with van der Waals surface area (Å²) in [7, 11) is 1.74. The van der Waals surface area contributed by atoms with Crippen LogP contribution in [-0.4, -0.2) is 41.7 Å². The number of hydrogen-bond acceptors (Lipinski definition) is 3. The molecule has 0 unspecified atom stereocenters. The molecule has 0 aromatic heterocycles. The van der Waals surface area contributed by atoms with E-state index in [0.29, 0.717) is 17.5 Å². The van der Waals surface area contributed by atoms with Crippen LogP contribution in [0.1, 0.15) is 12.8 Å². The average Bonchev–Trinajstić information content (AvgIpc) is 3.21. The summed E-state index contributed by atoms with van der Waals surface area (Å²) >= 11 is 0. The molecule has 19 heavy (non-hydrogen) atoms. The molecule has 0 radical (unpaired) electrons. The first-order valence-electron chi connectivity index (χ1n) is 6.05. The number of anilines is 1. The van der Waals surface area contributed by atoms with Gasteiger partial charge in [0.25, 0.3) is 0 Å². The lowest BCUT2D eigenvalue weighted by molar-refractivity contribution is -0.139. The molecule has 0 bridgehead atoms. The highest BCUT2D eigenvalue weighted by molar-refractivity contribution is 5.91. The summed E-state index contributed by atoms with van der Waals surface area (Å²) in [5.74, 6) is -0.710. The Morgan fingerprint density at radius 3 is 2.74 bits per heavy atom. The number of carbonyl (C=O) groups excluding carboxylic acids is 1. The van der Waals surface area contributed by atoms with E-state index in [1.165, 1.54) is 0 Å². The van der Waals surface area contributed by atoms with Crippen molar-refractivity contribution in [2.24, 2.45) is 0 Å². The average molecular weight is 264 g/mol. The summed E-state index contributed by atoms with van der Waals surface area (Å²) in [6, 6.07) is 6.87. The van der Waals surface area contributed by atoms with Crippen molar-refractivity contribution in [1.29, 1.82) is 0 Å². The van der Waals surface area contributed by atoms with Crippen LogP contribution in [0, 0.1) is 0 Å². The van der Waals surface area contributed by atoms with Gasteiger partial charge in [0.15, 0.2) is 6.61 Å². The number of nitrogens with one attached hydrogen (secondary N) is 1. The van der Waals surface area contributed by atoms with Crippen molar-refractivity contribution in [1.82, 2.24) is 4.90 Å². The fraction of sp³-hybridized carbons (Fsp3) is 0.385. The minimum absolute atomic E-state index is 0.214. The first kappa shape index (κ1) is 13.2. The van der Waals surface area contributed by atoms with Crippen LogP contribution in [0.2, 0.25) is 0 Å². The Morgan fingerprint density at radius 1 is 1.42 bits per heavy atom. The molecule has 0 heterocycles. The summed E-state index contributed by atoms with van der Waals surface area (Å²) in [6.07, 6.45) is 2.06. The van der Waals surface area contributed by atoms with Gasteiger partial charge in [-0.05, 0) is 25.0 Å². The molecule has 1 saturated carbocycles. The van der Waals surface area contributed by atoms with Gasteiger partial charge in [0, 0.05) is 13.1 Å². The summed E-state index contributed by atoms with van der Waals surface area (Å²) < 4.78 is 5.12. The third kappa shape index (κ3) is 3.61. The van der Waals surface area contributed by atoms with E-state index in [1.54, 1.807) is 36.2 Å². The van der Waals surface area contributed by atoms with Gasteiger partial charge in [-0.15, -0.1) is 0 Å². The normalized spacial score (nSPS) is 13.7. The summed E-state index contributed by atoms with van der Waals surface area (Å²) in [5, 5.41) is 11.3. The monoisotopic (exact) mass is 264 g/mol. The van der Waals surface area contributed by atoms with E-state index in [4.69, 9.17) is 9.84 Å². The number of rotatable bonds is 5. The van der Waals surface area contributed by atoms with Gasteiger partial charge >= 0.3 is 12.0 Å². The van der Waals surface area contributed by atoms with E-state index in [2.05, 4.69) is 5.32 Å². The number of carbonyl (C=O) groups is 2. The van der Waals surface area contributed by atoms with Crippen molar-refractivity contribution in [2.75, 3.05) is 19.0 Å². The Labute approximate surface area is 111 Å². The second kappa shape index (κ2) is 5.60. The zero-order valence-corrected chi connectivity index (χ0v) is 10.6. The number of nitrogens with zero attached hydrogens (tertiary/aromatic N) is 1. The van der Waals surface area contributed by atoms with Crippen LogP contribution >= 0.6 is 0 Å². The molecule has 2 rings (SSSR count). The number of urea groups is 1. The Hall–Kier alpha value is -2.24. The Balaban J connectivity index is 2.02. The maximum atomic E-state index is 11.9. The van der Waals surface area contributed by atoms with Gasteiger partial charge in [0.05, 0.1) is 5.69 Å². The minimum atomic E-state index is -1.06. The Bertz CT molecular complexity index is 485. The van der Waals surface area contributed by atoms with E-state index in [1.807, 2.05) is 0 Å². The highest BCUT2D eigenvalue weighted by Gasteiger charge is 2.29. The molecule has 0 atom stereocenters. The van der Waals surface area contributed by atoms with Crippen molar-refractivity contribution < 1.29 is 19.4 Å². The zero-order valence-electron chi connectivity index (χ0n) is 10.6. The third-order valence-corrected chi connectivity index (χ3v) is 2.89. The summed E-state index contributed by atoms with van der Waals surface area (Å²) in [4.78, 5) is 24.1. The van der Waals surface area contributed by atoms with Crippen LogP contribution in [0.15, 0.2) is 24.3 Å². The number of hydrogen-bond donors (Lipinski definition) is 2. The SMILES string of the molecule is CN(C(=O)Nc1ccccc1OCC(=O)O)C1CC1. The molecule has 2 N–H and O–H groups in total. The van der Waals surface area contributed by atoms with E-state index >= 15 is 0 Å². The fourth-order valence-electron chi connectivity index (χ4n) is 1.67. The molecule has 2 amide bonds. The highest BCUT2D eigenvalue weighted by Crippen LogP contribution is 2.28. The van der Waals surface area contributed by atoms with Crippen molar-refractivity contribution in [3.63, 3.8) is 0 Å². The molecule has 0 saturated heterocycles. The van der Waals surface area contributed by atoms with E-state index in [0.717, 1.165) is 12.8 Å². The van der Waals surface area contributed by atoms with E-state index in [9.17, 15) is 9.59 Å². The van der Waals surface area contributed by atoms with Gasteiger partial charge in [-0.1, -0.05) is 12.1 Å². The zero-order chi connectivity index (χ0) is 13.8. The predicted molar refractivity (Wildman–Crippen MR) is 69.4 cm³/mol.